The van der Waals surface area contributed by atoms with Crippen molar-refractivity contribution in [1.29, 1.82) is 0 Å². The van der Waals surface area contributed by atoms with E-state index < -0.39 is 0 Å². The lowest BCUT2D eigenvalue weighted by atomic mass is 10.0. The lowest BCUT2D eigenvalue weighted by molar-refractivity contribution is -0.113. The monoisotopic (exact) mass is 409 g/mol. The van der Waals surface area contributed by atoms with E-state index in [2.05, 4.69) is 15.2 Å². The topological polar surface area (TPSA) is 105 Å². The fourth-order valence-electron chi connectivity index (χ4n) is 3.11. The highest BCUT2D eigenvalue weighted by Gasteiger charge is 2.19. The Bertz CT molecular complexity index is 1090. The number of nitrogens with two attached hydrogens (primary N) is 1. The zero-order valence-corrected chi connectivity index (χ0v) is 16.3. The Balaban J connectivity index is 1.50. The molecule has 3 aromatic rings. The number of hydrogen-bond acceptors (Lipinski definition) is 7. The van der Waals surface area contributed by atoms with Gasteiger partial charge in [0.15, 0.2) is 11.6 Å². The summed E-state index contributed by atoms with van der Waals surface area (Å²) in [5.41, 5.74) is 7.97. The molecule has 3 heterocycles. The molecule has 0 radical (unpaired) electrons. The first-order chi connectivity index (χ1) is 14.5. The van der Waals surface area contributed by atoms with Gasteiger partial charge in [0, 0.05) is 30.1 Å². The molecule has 0 bridgehead atoms. The molecule has 0 fully saturated rings. The van der Waals surface area contributed by atoms with E-state index >= 15 is 0 Å². The molecule has 1 aliphatic heterocycles. The van der Waals surface area contributed by atoms with Crippen LogP contribution in [0.5, 0.6) is 11.9 Å². The van der Waals surface area contributed by atoms with Gasteiger partial charge in [-0.3, -0.25) is 9.36 Å². The average Bonchev–Trinajstić information content (AvgIpc) is 3.19. The number of Topliss-reactive ketones (excluding diaryl/α,β-unsaturated/α-hetero) is 1. The van der Waals surface area contributed by atoms with Crippen molar-refractivity contribution in [2.75, 3.05) is 13.2 Å². The summed E-state index contributed by atoms with van der Waals surface area (Å²) >= 11 is 0. The highest BCUT2D eigenvalue weighted by atomic mass is 19.1. The Labute approximate surface area is 172 Å². The normalized spacial score (nSPS) is 13.8. The van der Waals surface area contributed by atoms with Gasteiger partial charge in [0.1, 0.15) is 12.4 Å². The van der Waals surface area contributed by atoms with E-state index in [-0.39, 0.29) is 29.5 Å². The molecule has 0 saturated heterocycles. The SMILES string of the molecule is CC(=O)/C(COc1ccc(-c2nnc3n2CCCO3)cn1)=C(\N)c1ccc(F)cc1. The molecular weight excluding hydrogens is 389 g/mol. The van der Waals surface area contributed by atoms with Crippen molar-refractivity contribution in [2.24, 2.45) is 5.73 Å². The van der Waals surface area contributed by atoms with E-state index in [4.69, 9.17) is 15.2 Å². The zero-order valence-electron chi connectivity index (χ0n) is 16.3. The molecule has 30 heavy (non-hydrogen) atoms. The summed E-state index contributed by atoms with van der Waals surface area (Å²) in [5.74, 6) is 0.396. The van der Waals surface area contributed by atoms with Crippen LogP contribution in [0.15, 0.2) is 48.2 Å². The number of benzene rings is 1. The fourth-order valence-corrected chi connectivity index (χ4v) is 3.11. The van der Waals surface area contributed by atoms with Crippen molar-refractivity contribution in [2.45, 2.75) is 19.9 Å². The third kappa shape index (κ3) is 4.00. The molecule has 0 aliphatic carbocycles. The lowest BCUT2D eigenvalue weighted by Gasteiger charge is -2.15. The zero-order chi connectivity index (χ0) is 21.1. The molecule has 1 aromatic carbocycles. The van der Waals surface area contributed by atoms with Gasteiger partial charge in [-0.15, -0.1) is 5.10 Å². The molecule has 2 aromatic heterocycles. The van der Waals surface area contributed by atoms with Crippen LogP contribution in [0.3, 0.4) is 0 Å². The van der Waals surface area contributed by atoms with Gasteiger partial charge in [0.05, 0.1) is 12.2 Å². The number of carbonyl (C=O) groups excluding carboxylic acids is 1. The third-order valence-corrected chi connectivity index (χ3v) is 4.74. The predicted molar refractivity (Wildman–Crippen MR) is 107 cm³/mol. The molecule has 2 N–H and O–H groups in total. The number of hydrogen-bond donors (Lipinski definition) is 1. The number of fused-ring (bicyclic) bond motifs is 1. The van der Waals surface area contributed by atoms with Crippen molar-refractivity contribution < 1.29 is 18.7 Å². The summed E-state index contributed by atoms with van der Waals surface area (Å²) < 4.78 is 26.2. The van der Waals surface area contributed by atoms with Crippen molar-refractivity contribution in [3.8, 4) is 23.3 Å². The summed E-state index contributed by atoms with van der Waals surface area (Å²) in [7, 11) is 0. The van der Waals surface area contributed by atoms with E-state index in [0.717, 1.165) is 18.5 Å². The highest BCUT2D eigenvalue weighted by Crippen LogP contribution is 2.25. The largest absolute Gasteiger partial charge is 0.473 e. The van der Waals surface area contributed by atoms with E-state index in [1.54, 1.807) is 12.3 Å². The van der Waals surface area contributed by atoms with Gasteiger partial charge in [-0.05, 0) is 49.2 Å². The Kier molecular flexibility index (Phi) is 5.42. The van der Waals surface area contributed by atoms with E-state index in [1.807, 2.05) is 10.6 Å². The summed E-state index contributed by atoms with van der Waals surface area (Å²) in [6.07, 6.45) is 2.52. The number of nitrogens with zero attached hydrogens (tertiary/aromatic N) is 4. The molecule has 9 heteroatoms. The van der Waals surface area contributed by atoms with Gasteiger partial charge >= 0.3 is 6.01 Å². The number of pyridine rings is 1. The smallest absolute Gasteiger partial charge is 0.317 e. The Hall–Kier alpha value is -3.75. The van der Waals surface area contributed by atoms with Crippen LogP contribution in [-0.4, -0.2) is 38.7 Å². The summed E-state index contributed by atoms with van der Waals surface area (Å²) in [5, 5.41) is 8.21. The molecule has 154 valence electrons. The van der Waals surface area contributed by atoms with Gasteiger partial charge in [-0.2, -0.15) is 0 Å². The van der Waals surface area contributed by atoms with Crippen LogP contribution in [0.1, 0.15) is 18.9 Å². The minimum absolute atomic E-state index is 0.0565. The van der Waals surface area contributed by atoms with Crippen LogP contribution < -0.4 is 15.2 Å². The minimum Gasteiger partial charge on any atom is -0.473 e. The molecule has 8 nitrogen and oxygen atoms in total. The van der Waals surface area contributed by atoms with Crippen LogP contribution in [0.4, 0.5) is 4.39 Å². The fraction of sp³-hybridized carbons (Fsp3) is 0.238. The second kappa shape index (κ2) is 8.32. The van der Waals surface area contributed by atoms with Crippen LogP contribution in [0.25, 0.3) is 17.1 Å². The first-order valence-electron chi connectivity index (χ1n) is 9.43. The number of carbonyl (C=O) groups is 1. The predicted octanol–water partition coefficient (Wildman–Crippen LogP) is 2.60. The molecule has 0 saturated carbocycles. The molecule has 0 unspecified atom stereocenters. The van der Waals surface area contributed by atoms with Crippen molar-refractivity contribution in [1.82, 2.24) is 19.7 Å². The maximum absolute atomic E-state index is 13.1. The van der Waals surface area contributed by atoms with Gasteiger partial charge in [-0.25, -0.2) is 9.37 Å². The highest BCUT2D eigenvalue weighted by molar-refractivity contribution is 6.00. The third-order valence-electron chi connectivity index (χ3n) is 4.74. The summed E-state index contributed by atoms with van der Waals surface area (Å²) in [4.78, 5) is 16.3. The molecule has 0 spiro atoms. The van der Waals surface area contributed by atoms with Gasteiger partial charge in [0.2, 0.25) is 5.88 Å². The summed E-state index contributed by atoms with van der Waals surface area (Å²) in [6, 6.07) is 9.61. The van der Waals surface area contributed by atoms with Crippen molar-refractivity contribution in [3.05, 3.63) is 59.5 Å². The van der Waals surface area contributed by atoms with Crippen LogP contribution in [0.2, 0.25) is 0 Å². The quantitative estimate of drug-likeness (QED) is 0.624. The average molecular weight is 409 g/mol. The second-order valence-corrected chi connectivity index (χ2v) is 6.79. The maximum Gasteiger partial charge on any atom is 0.317 e. The number of halogens is 1. The number of ether oxygens (including phenoxy) is 2. The van der Waals surface area contributed by atoms with Crippen LogP contribution in [0, 0.1) is 5.82 Å². The maximum atomic E-state index is 13.1. The lowest BCUT2D eigenvalue weighted by Crippen LogP contribution is -2.15. The van der Waals surface area contributed by atoms with Gasteiger partial charge in [0.25, 0.3) is 0 Å². The number of aromatic nitrogens is 4. The molecule has 4 rings (SSSR count). The van der Waals surface area contributed by atoms with Crippen molar-refractivity contribution >= 4 is 11.5 Å². The molecular formula is C21H20FN5O3. The van der Waals surface area contributed by atoms with Crippen LogP contribution in [-0.2, 0) is 11.3 Å². The van der Waals surface area contributed by atoms with Gasteiger partial charge < -0.3 is 15.2 Å². The minimum atomic E-state index is -0.378. The molecule has 1 aliphatic rings. The first-order valence-corrected chi connectivity index (χ1v) is 9.43. The van der Waals surface area contributed by atoms with Crippen LogP contribution >= 0.6 is 0 Å². The van der Waals surface area contributed by atoms with Crippen molar-refractivity contribution in [3.63, 3.8) is 0 Å². The molecule has 0 amide bonds. The summed E-state index contributed by atoms with van der Waals surface area (Å²) in [6.45, 7) is 2.77. The van der Waals surface area contributed by atoms with E-state index in [9.17, 15) is 9.18 Å². The molecule has 0 atom stereocenters. The second-order valence-electron chi connectivity index (χ2n) is 6.79. The van der Waals surface area contributed by atoms with E-state index in [0.29, 0.717) is 29.9 Å². The standard InChI is InChI=1S/C21H20FN5O3/c1-13(28)17(19(23)14-3-6-16(22)7-4-14)12-30-18-8-5-15(11-24-18)20-25-26-21-27(20)9-2-10-29-21/h3-8,11H,2,9-10,12,23H2,1H3/b19-17-. The van der Waals surface area contributed by atoms with E-state index in [1.165, 1.54) is 31.2 Å². The number of ketones is 1. The Morgan fingerprint density at radius 1 is 1.23 bits per heavy atom. The Morgan fingerprint density at radius 2 is 2.03 bits per heavy atom. The number of rotatable bonds is 6. The van der Waals surface area contributed by atoms with Gasteiger partial charge in [-0.1, -0.05) is 5.10 Å². The Morgan fingerprint density at radius 3 is 2.73 bits per heavy atom. The first kappa shape index (κ1) is 19.6.